The quantitative estimate of drug-likeness (QED) is 0.830. The van der Waals surface area contributed by atoms with Gasteiger partial charge in [0.25, 0.3) is 5.92 Å². The minimum absolute atomic E-state index is 0. The van der Waals surface area contributed by atoms with Gasteiger partial charge in [-0.3, -0.25) is 10.1 Å². The van der Waals surface area contributed by atoms with Crippen molar-refractivity contribution in [2.45, 2.75) is 44.7 Å². The number of hydrogen-bond acceptors (Lipinski definition) is 3. The summed E-state index contributed by atoms with van der Waals surface area (Å²) in [6, 6.07) is 6.35. The Morgan fingerprint density at radius 1 is 1.43 bits per heavy atom. The van der Waals surface area contributed by atoms with Crippen LogP contribution in [0.25, 0.3) is 0 Å². The second-order valence-electron chi connectivity index (χ2n) is 5.64. The number of alkyl halides is 2. The maximum Gasteiger partial charge on any atom is 0.262 e. The molecular formula is C16H23ClF2N2O2. The van der Waals surface area contributed by atoms with Crippen LogP contribution in [0.5, 0.6) is 5.75 Å². The van der Waals surface area contributed by atoms with Crippen molar-refractivity contribution in [3.05, 3.63) is 29.8 Å². The standard InChI is InChI=1S/C16H22F2N2O2.ClH/c1-3-8-22-13-6-4-12(5-7-13)11(2)20-15(21)14-9-16(17,18)10-19-14;/h4-7,11,14,19H,3,8-10H2,1-2H3,(H,20,21);1H. The predicted molar refractivity (Wildman–Crippen MR) is 87.4 cm³/mol. The molecule has 0 bridgehead atoms. The number of hydrogen-bond donors (Lipinski definition) is 2. The molecule has 1 aliphatic heterocycles. The lowest BCUT2D eigenvalue weighted by molar-refractivity contribution is -0.124. The number of carbonyl (C=O) groups is 1. The van der Waals surface area contributed by atoms with Gasteiger partial charge < -0.3 is 10.1 Å². The van der Waals surface area contributed by atoms with Crippen LogP contribution >= 0.6 is 12.4 Å². The molecule has 7 heteroatoms. The first-order valence-corrected chi connectivity index (χ1v) is 7.55. The molecular weight excluding hydrogens is 326 g/mol. The number of nitrogens with one attached hydrogen (secondary N) is 2. The van der Waals surface area contributed by atoms with Gasteiger partial charge in [0, 0.05) is 6.42 Å². The second kappa shape index (κ2) is 8.45. The van der Waals surface area contributed by atoms with Gasteiger partial charge in [-0.1, -0.05) is 19.1 Å². The Bertz CT molecular complexity index is 511. The summed E-state index contributed by atoms with van der Waals surface area (Å²) in [5.41, 5.74) is 0.905. The van der Waals surface area contributed by atoms with Gasteiger partial charge in [-0.15, -0.1) is 12.4 Å². The van der Waals surface area contributed by atoms with Crippen LogP contribution in [0.2, 0.25) is 0 Å². The lowest BCUT2D eigenvalue weighted by Gasteiger charge is -2.18. The van der Waals surface area contributed by atoms with E-state index in [1.165, 1.54) is 0 Å². The van der Waals surface area contributed by atoms with Crippen LogP contribution in [-0.2, 0) is 4.79 Å². The number of halogens is 3. The Balaban J connectivity index is 0.00000264. The highest BCUT2D eigenvalue weighted by atomic mass is 35.5. The van der Waals surface area contributed by atoms with Gasteiger partial charge in [0.1, 0.15) is 5.75 Å². The molecule has 130 valence electrons. The van der Waals surface area contributed by atoms with E-state index in [0.717, 1.165) is 17.7 Å². The van der Waals surface area contributed by atoms with Crippen LogP contribution in [0.15, 0.2) is 24.3 Å². The molecule has 2 rings (SSSR count). The molecule has 1 aromatic rings. The molecule has 0 aromatic heterocycles. The number of ether oxygens (including phenoxy) is 1. The van der Waals surface area contributed by atoms with Crippen molar-refractivity contribution >= 4 is 18.3 Å². The maximum atomic E-state index is 13.1. The van der Waals surface area contributed by atoms with Crippen LogP contribution in [0.4, 0.5) is 8.78 Å². The van der Waals surface area contributed by atoms with Crippen molar-refractivity contribution in [2.24, 2.45) is 0 Å². The molecule has 0 saturated carbocycles. The van der Waals surface area contributed by atoms with Gasteiger partial charge in [0.15, 0.2) is 0 Å². The van der Waals surface area contributed by atoms with Crippen LogP contribution in [-0.4, -0.2) is 31.0 Å². The molecule has 0 aliphatic carbocycles. The molecule has 1 amide bonds. The van der Waals surface area contributed by atoms with Gasteiger partial charge >= 0.3 is 0 Å². The summed E-state index contributed by atoms with van der Waals surface area (Å²) in [6.07, 6.45) is 0.489. The van der Waals surface area contributed by atoms with Gasteiger partial charge in [-0.2, -0.15) is 0 Å². The minimum Gasteiger partial charge on any atom is -0.494 e. The SMILES string of the molecule is CCCOc1ccc(C(C)NC(=O)C2CC(F)(F)CN2)cc1.Cl. The molecule has 0 spiro atoms. The van der Waals surface area contributed by atoms with Gasteiger partial charge in [0.05, 0.1) is 25.2 Å². The second-order valence-corrected chi connectivity index (χ2v) is 5.64. The zero-order valence-electron chi connectivity index (χ0n) is 13.3. The van der Waals surface area contributed by atoms with Crippen molar-refractivity contribution < 1.29 is 18.3 Å². The molecule has 1 heterocycles. The zero-order chi connectivity index (χ0) is 16.2. The minimum atomic E-state index is -2.80. The molecule has 1 fully saturated rings. The van der Waals surface area contributed by atoms with Gasteiger partial charge in [-0.25, -0.2) is 8.78 Å². The van der Waals surface area contributed by atoms with Crippen molar-refractivity contribution in [3.8, 4) is 5.75 Å². The number of carbonyl (C=O) groups excluding carboxylic acids is 1. The number of rotatable bonds is 6. The third kappa shape index (κ3) is 5.62. The summed E-state index contributed by atoms with van der Waals surface area (Å²) < 4.78 is 31.7. The van der Waals surface area contributed by atoms with E-state index < -0.39 is 30.8 Å². The van der Waals surface area contributed by atoms with E-state index >= 15 is 0 Å². The summed E-state index contributed by atoms with van der Waals surface area (Å²) >= 11 is 0. The summed E-state index contributed by atoms with van der Waals surface area (Å²) in [4.78, 5) is 12.0. The van der Waals surface area contributed by atoms with E-state index in [9.17, 15) is 13.6 Å². The molecule has 1 saturated heterocycles. The molecule has 2 atom stereocenters. The van der Waals surface area contributed by atoms with Gasteiger partial charge in [0.2, 0.25) is 5.91 Å². The van der Waals surface area contributed by atoms with E-state index in [1.807, 2.05) is 38.1 Å². The Kier molecular flexibility index (Phi) is 7.22. The van der Waals surface area contributed by atoms with Crippen LogP contribution in [0, 0.1) is 0 Å². The van der Waals surface area contributed by atoms with Crippen LogP contribution in [0.1, 0.15) is 38.3 Å². The molecule has 0 radical (unpaired) electrons. The first-order chi connectivity index (χ1) is 10.4. The third-order valence-corrected chi connectivity index (χ3v) is 3.64. The zero-order valence-corrected chi connectivity index (χ0v) is 14.1. The summed E-state index contributed by atoms with van der Waals surface area (Å²) in [7, 11) is 0. The van der Waals surface area contributed by atoms with Crippen molar-refractivity contribution in [2.75, 3.05) is 13.2 Å². The van der Waals surface area contributed by atoms with E-state index in [2.05, 4.69) is 10.6 Å². The van der Waals surface area contributed by atoms with Gasteiger partial charge in [-0.05, 0) is 31.0 Å². The van der Waals surface area contributed by atoms with E-state index in [0.29, 0.717) is 6.61 Å². The predicted octanol–water partition coefficient (Wildman–Crippen LogP) is 3.07. The lowest BCUT2D eigenvalue weighted by Crippen LogP contribution is -2.41. The maximum absolute atomic E-state index is 13.1. The van der Waals surface area contributed by atoms with E-state index in [4.69, 9.17) is 4.74 Å². The first kappa shape index (κ1) is 19.6. The number of benzene rings is 1. The molecule has 4 nitrogen and oxygen atoms in total. The fourth-order valence-corrected chi connectivity index (χ4v) is 2.37. The monoisotopic (exact) mass is 348 g/mol. The Morgan fingerprint density at radius 2 is 2.09 bits per heavy atom. The summed E-state index contributed by atoms with van der Waals surface area (Å²) in [5, 5.41) is 5.32. The van der Waals surface area contributed by atoms with Crippen molar-refractivity contribution in [1.82, 2.24) is 10.6 Å². The highest BCUT2D eigenvalue weighted by molar-refractivity contribution is 5.85. The smallest absolute Gasteiger partial charge is 0.262 e. The number of amides is 1. The average molecular weight is 349 g/mol. The van der Waals surface area contributed by atoms with Crippen LogP contribution < -0.4 is 15.4 Å². The first-order valence-electron chi connectivity index (χ1n) is 7.55. The van der Waals surface area contributed by atoms with E-state index in [1.54, 1.807) is 0 Å². The third-order valence-electron chi connectivity index (χ3n) is 3.64. The lowest BCUT2D eigenvalue weighted by atomic mass is 10.1. The van der Waals surface area contributed by atoms with Crippen molar-refractivity contribution in [1.29, 1.82) is 0 Å². The van der Waals surface area contributed by atoms with E-state index in [-0.39, 0.29) is 18.4 Å². The normalized spacial score (nSPS) is 20.4. The van der Waals surface area contributed by atoms with Crippen molar-refractivity contribution in [3.63, 3.8) is 0 Å². The molecule has 23 heavy (non-hydrogen) atoms. The molecule has 2 N–H and O–H groups in total. The highest BCUT2D eigenvalue weighted by Crippen LogP contribution is 2.25. The summed E-state index contributed by atoms with van der Waals surface area (Å²) in [5.74, 6) is -2.42. The average Bonchev–Trinajstić information content (AvgIpc) is 2.86. The molecule has 1 aromatic carbocycles. The molecule has 1 aliphatic rings. The van der Waals surface area contributed by atoms with Crippen LogP contribution in [0.3, 0.4) is 0 Å². The fraction of sp³-hybridized carbons (Fsp3) is 0.562. The Labute approximate surface area is 141 Å². The summed E-state index contributed by atoms with van der Waals surface area (Å²) in [6.45, 7) is 4.08. The molecule has 2 unspecified atom stereocenters. The Morgan fingerprint density at radius 3 is 2.61 bits per heavy atom. The fourth-order valence-electron chi connectivity index (χ4n) is 2.37. The highest BCUT2D eigenvalue weighted by Gasteiger charge is 2.42. The Hall–Kier alpha value is -1.40. The topological polar surface area (TPSA) is 50.4 Å². The largest absolute Gasteiger partial charge is 0.494 e.